The second-order valence-electron chi connectivity index (χ2n) is 7.38. The van der Waals surface area contributed by atoms with E-state index in [-0.39, 0.29) is 23.3 Å². The Bertz CT molecular complexity index is 1120. The van der Waals surface area contributed by atoms with Gasteiger partial charge in [-0.15, -0.1) is 10.2 Å². The molecule has 1 heterocycles. The summed E-state index contributed by atoms with van der Waals surface area (Å²) >= 11 is 1.18. The van der Waals surface area contributed by atoms with Crippen molar-refractivity contribution < 1.29 is 14.1 Å². The van der Waals surface area contributed by atoms with Gasteiger partial charge in [-0.3, -0.25) is 14.9 Å². The van der Waals surface area contributed by atoms with Crippen LogP contribution in [0.25, 0.3) is 11.4 Å². The van der Waals surface area contributed by atoms with Crippen molar-refractivity contribution in [2.45, 2.75) is 32.5 Å². The number of benzene rings is 2. The highest BCUT2D eigenvalue weighted by atomic mass is 32.2. The minimum Gasteiger partial charge on any atom is -0.325 e. The van der Waals surface area contributed by atoms with Crippen molar-refractivity contribution in [2.75, 3.05) is 11.1 Å². The van der Waals surface area contributed by atoms with Gasteiger partial charge >= 0.3 is 0 Å². The number of carbonyl (C=O) groups is 1. The van der Waals surface area contributed by atoms with Crippen LogP contribution in [-0.4, -0.2) is 31.3 Å². The minimum absolute atomic E-state index is 0.0234. The molecule has 1 aromatic heterocycles. The molecule has 0 fully saturated rings. The Morgan fingerprint density at radius 2 is 2.00 bits per heavy atom. The number of aromatic nitrogens is 3. The molecule has 0 aliphatic rings. The summed E-state index contributed by atoms with van der Waals surface area (Å²) in [5.74, 6) is -0.0442. The largest absolute Gasteiger partial charge is 0.325 e. The lowest BCUT2D eigenvalue weighted by Crippen LogP contribution is -2.16. The van der Waals surface area contributed by atoms with E-state index in [1.807, 2.05) is 13.8 Å². The zero-order valence-corrected chi connectivity index (χ0v) is 18.1. The lowest BCUT2D eigenvalue weighted by atomic mass is 10.2. The van der Waals surface area contributed by atoms with E-state index < -0.39 is 10.7 Å². The van der Waals surface area contributed by atoms with Gasteiger partial charge in [0.15, 0.2) is 11.0 Å². The van der Waals surface area contributed by atoms with Crippen LogP contribution in [0.3, 0.4) is 0 Å². The number of thioether (sulfide) groups is 1. The van der Waals surface area contributed by atoms with Crippen LogP contribution >= 0.6 is 11.8 Å². The van der Waals surface area contributed by atoms with Crippen LogP contribution in [0, 0.1) is 28.8 Å². The monoisotopic (exact) mass is 443 g/mol. The zero-order chi connectivity index (χ0) is 22.5. The van der Waals surface area contributed by atoms with Gasteiger partial charge in [0.1, 0.15) is 5.82 Å². The van der Waals surface area contributed by atoms with Gasteiger partial charge in [-0.1, -0.05) is 43.8 Å². The van der Waals surface area contributed by atoms with Crippen molar-refractivity contribution in [3.05, 3.63) is 64.0 Å². The number of anilines is 1. The molecule has 3 rings (SSSR count). The number of amides is 1. The van der Waals surface area contributed by atoms with Crippen molar-refractivity contribution in [2.24, 2.45) is 5.92 Å². The number of aryl methyl sites for hydroxylation is 1. The van der Waals surface area contributed by atoms with Crippen molar-refractivity contribution in [3.63, 3.8) is 0 Å². The number of nitro benzene ring substituents is 1. The van der Waals surface area contributed by atoms with E-state index in [0.717, 1.165) is 0 Å². The van der Waals surface area contributed by atoms with Crippen molar-refractivity contribution in [3.8, 4) is 11.4 Å². The maximum atomic E-state index is 14.3. The van der Waals surface area contributed by atoms with E-state index in [9.17, 15) is 19.3 Å². The van der Waals surface area contributed by atoms with E-state index in [1.54, 1.807) is 35.8 Å². The third kappa shape index (κ3) is 5.46. The predicted molar refractivity (Wildman–Crippen MR) is 117 cm³/mol. The molecule has 0 radical (unpaired) electrons. The SMILES string of the molecule is Cc1ccc([N+](=O)[O-])cc1NC(=O)CSc1nnc(-c2ccccc2F)n1CC(C)C. The summed E-state index contributed by atoms with van der Waals surface area (Å²) in [5, 5.41) is 22.5. The summed E-state index contributed by atoms with van der Waals surface area (Å²) < 4.78 is 16.1. The first-order valence-corrected chi connectivity index (χ1v) is 10.6. The molecule has 0 saturated heterocycles. The topological polar surface area (TPSA) is 103 Å². The van der Waals surface area contributed by atoms with E-state index in [1.165, 1.54) is 30.0 Å². The summed E-state index contributed by atoms with van der Waals surface area (Å²) in [6.07, 6.45) is 0. The van der Waals surface area contributed by atoms with Crippen LogP contribution in [0.5, 0.6) is 0 Å². The number of halogens is 1. The van der Waals surface area contributed by atoms with Crippen molar-refractivity contribution in [1.29, 1.82) is 0 Å². The van der Waals surface area contributed by atoms with Gasteiger partial charge in [-0.25, -0.2) is 4.39 Å². The number of nitrogens with zero attached hydrogens (tertiary/aromatic N) is 4. The number of hydrogen-bond donors (Lipinski definition) is 1. The maximum absolute atomic E-state index is 14.3. The number of nitrogens with one attached hydrogen (secondary N) is 1. The fourth-order valence-corrected chi connectivity index (χ4v) is 3.69. The Balaban J connectivity index is 1.77. The normalized spacial score (nSPS) is 11.0. The summed E-state index contributed by atoms with van der Waals surface area (Å²) in [7, 11) is 0. The molecule has 31 heavy (non-hydrogen) atoms. The number of hydrogen-bond acceptors (Lipinski definition) is 6. The quantitative estimate of drug-likeness (QED) is 0.308. The average molecular weight is 444 g/mol. The molecule has 0 atom stereocenters. The standard InChI is InChI=1S/C21H22FN5O3S/c1-13(2)11-26-20(16-6-4-5-7-17(16)22)24-25-21(26)31-12-19(28)23-18-10-15(27(29)30)9-8-14(18)3/h4-10,13H,11-12H2,1-3H3,(H,23,28). The highest BCUT2D eigenvalue weighted by Crippen LogP contribution is 2.27. The first-order valence-electron chi connectivity index (χ1n) is 9.62. The fraction of sp³-hybridized carbons (Fsp3) is 0.286. The Morgan fingerprint density at radius 1 is 1.26 bits per heavy atom. The van der Waals surface area contributed by atoms with Crippen molar-refractivity contribution in [1.82, 2.24) is 14.8 Å². The van der Waals surface area contributed by atoms with Crippen LogP contribution in [0.4, 0.5) is 15.8 Å². The van der Waals surface area contributed by atoms with Crippen LogP contribution in [0.15, 0.2) is 47.6 Å². The van der Waals surface area contributed by atoms with Gasteiger partial charge < -0.3 is 9.88 Å². The molecule has 1 N–H and O–H groups in total. The number of non-ortho nitro benzene ring substituents is 1. The molecule has 1 amide bonds. The third-order valence-corrected chi connectivity index (χ3v) is 5.38. The minimum atomic E-state index is -0.511. The van der Waals surface area contributed by atoms with Crippen LogP contribution < -0.4 is 5.32 Å². The third-order valence-electron chi connectivity index (χ3n) is 4.42. The molecule has 162 valence electrons. The lowest BCUT2D eigenvalue weighted by Gasteiger charge is -2.13. The Hall–Kier alpha value is -3.27. The smallest absolute Gasteiger partial charge is 0.271 e. The Labute approximate surface area is 183 Å². The van der Waals surface area contributed by atoms with Gasteiger partial charge in [0, 0.05) is 18.7 Å². The van der Waals surface area contributed by atoms with Gasteiger partial charge in [-0.2, -0.15) is 0 Å². The molecule has 0 spiro atoms. The van der Waals surface area contributed by atoms with Crippen LogP contribution in [-0.2, 0) is 11.3 Å². The van der Waals surface area contributed by atoms with Gasteiger partial charge in [0.25, 0.3) is 5.69 Å². The molecule has 0 aliphatic carbocycles. The maximum Gasteiger partial charge on any atom is 0.271 e. The summed E-state index contributed by atoms with van der Waals surface area (Å²) in [4.78, 5) is 22.9. The van der Waals surface area contributed by atoms with Crippen molar-refractivity contribution >= 4 is 29.0 Å². The second-order valence-corrected chi connectivity index (χ2v) is 8.33. The van der Waals surface area contributed by atoms with Gasteiger partial charge in [0.05, 0.1) is 21.9 Å². The first kappa shape index (κ1) is 22.4. The highest BCUT2D eigenvalue weighted by Gasteiger charge is 2.19. The Morgan fingerprint density at radius 3 is 2.68 bits per heavy atom. The number of rotatable bonds is 8. The molecular weight excluding hydrogens is 421 g/mol. The van der Waals surface area contributed by atoms with Gasteiger partial charge in [0.2, 0.25) is 5.91 Å². The zero-order valence-electron chi connectivity index (χ0n) is 17.3. The molecule has 0 aliphatic heterocycles. The molecule has 8 nitrogen and oxygen atoms in total. The van der Waals surface area contributed by atoms with Gasteiger partial charge in [-0.05, 0) is 30.5 Å². The Kier molecular flexibility index (Phi) is 7.01. The average Bonchev–Trinajstić information content (AvgIpc) is 3.10. The summed E-state index contributed by atoms with van der Waals surface area (Å²) in [6.45, 7) is 6.37. The summed E-state index contributed by atoms with van der Waals surface area (Å²) in [5.41, 5.74) is 1.35. The van der Waals surface area contributed by atoms with E-state index in [2.05, 4.69) is 15.5 Å². The lowest BCUT2D eigenvalue weighted by molar-refractivity contribution is -0.384. The molecule has 0 saturated carbocycles. The molecule has 0 bridgehead atoms. The molecule has 2 aromatic carbocycles. The fourth-order valence-electron chi connectivity index (χ4n) is 2.94. The van der Waals surface area contributed by atoms with Crippen LogP contribution in [0.2, 0.25) is 0 Å². The highest BCUT2D eigenvalue weighted by molar-refractivity contribution is 7.99. The first-order chi connectivity index (χ1) is 14.8. The number of nitro groups is 1. The number of carbonyl (C=O) groups excluding carboxylic acids is 1. The molecule has 0 unspecified atom stereocenters. The predicted octanol–water partition coefficient (Wildman–Crippen LogP) is 4.69. The molecular formula is C21H22FN5O3S. The van der Waals surface area contributed by atoms with E-state index >= 15 is 0 Å². The second kappa shape index (κ2) is 9.69. The summed E-state index contributed by atoms with van der Waals surface area (Å²) in [6, 6.07) is 10.6. The van der Waals surface area contributed by atoms with E-state index in [4.69, 9.17) is 0 Å². The van der Waals surface area contributed by atoms with Crippen LogP contribution in [0.1, 0.15) is 19.4 Å². The molecule has 3 aromatic rings. The van der Waals surface area contributed by atoms with E-state index in [0.29, 0.717) is 34.3 Å². The molecule has 10 heteroatoms.